The van der Waals surface area contributed by atoms with Gasteiger partial charge in [-0.2, -0.15) is 0 Å². The number of aliphatic hydroxyl groups is 1. The highest BCUT2D eigenvalue weighted by molar-refractivity contribution is 5.96. The first-order valence-corrected chi connectivity index (χ1v) is 11.8. The molecule has 2 N–H and O–H groups in total. The minimum absolute atomic E-state index is 0.208. The molecule has 2 fully saturated rings. The number of hydrogen-bond acceptors (Lipinski definition) is 6. The summed E-state index contributed by atoms with van der Waals surface area (Å²) in [5.74, 6) is 0.737. The minimum atomic E-state index is -0.487. The number of benzene rings is 1. The van der Waals surface area contributed by atoms with Gasteiger partial charge in [0, 0.05) is 24.7 Å². The van der Waals surface area contributed by atoms with Gasteiger partial charge in [-0.15, -0.1) is 0 Å². The second-order valence-electron chi connectivity index (χ2n) is 8.92. The summed E-state index contributed by atoms with van der Waals surface area (Å²) < 4.78 is 5.43. The van der Waals surface area contributed by atoms with Crippen LogP contribution in [-0.4, -0.2) is 59.4 Å². The van der Waals surface area contributed by atoms with Crippen LogP contribution in [0.4, 0.5) is 5.82 Å². The third-order valence-corrected chi connectivity index (χ3v) is 6.62. The van der Waals surface area contributed by atoms with E-state index in [9.17, 15) is 9.90 Å². The molecule has 7 nitrogen and oxygen atoms in total. The number of hydrogen-bond donors (Lipinski definition) is 2. The lowest BCUT2D eigenvalue weighted by Gasteiger charge is -2.28. The number of anilines is 1. The predicted molar refractivity (Wildman–Crippen MR) is 128 cm³/mol. The van der Waals surface area contributed by atoms with Crippen LogP contribution in [0.1, 0.15) is 47.3 Å². The van der Waals surface area contributed by atoms with Crippen molar-refractivity contribution in [3.05, 3.63) is 65.5 Å². The summed E-state index contributed by atoms with van der Waals surface area (Å²) in [4.78, 5) is 24.5. The maximum atomic E-state index is 13.0. The molecule has 1 saturated carbocycles. The molecule has 1 aliphatic heterocycles. The fourth-order valence-electron chi connectivity index (χ4n) is 4.75. The van der Waals surface area contributed by atoms with Gasteiger partial charge >= 0.3 is 0 Å². The molecule has 2 aliphatic rings. The van der Waals surface area contributed by atoms with E-state index in [2.05, 4.69) is 32.3 Å². The average Bonchev–Trinajstić information content (AvgIpc) is 2.86. The Balaban J connectivity index is 1.38. The van der Waals surface area contributed by atoms with Crippen molar-refractivity contribution in [2.45, 2.75) is 44.2 Å². The zero-order chi connectivity index (χ0) is 22.6. The zero-order valence-corrected chi connectivity index (χ0v) is 18.7. The number of nitrogens with zero attached hydrogens (tertiary/aromatic N) is 3. The number of morpholine rings is 1. The van der Waals surface area contributed by atoms with Gasteiger partial charge in [0.05, 0.1) is 30.9 Å². The molecule has 3 heterocycles. The van der Waals surface area contributed by atoms with E-state index in [1.807, 2.05) is 36.5 Å². The van der Waals surface area contributed by atoms with Crippen LogP contribution >= 0.6 is 0 Å². The van der Waals surface area contributed by atoms with Gasteiger partial charge in [0.2, 0.25) is 0 Å². The first kappa shape index (κ1) is 21.8. The fraction of sp³-hybridized carbons (Fsp3) is 0.423. The molecular weight excluding hydrogens is 416 g/mol. The van der Waals surface area contributed by atoms with Crippen molar-refractivity contribution in [3.63, 3.8) is 0 Å². The number of rotatable bonds is 5. The number of nitrogens with one attached hydrogen (secondary N) is 1. The quantitative estimate of drug-likeness (QED) is 0.626. The van der Waals surface area contributed by atoms with E-state index in [1.54, 1.807) is 0 Å². The lowest BCUT2D eigenvalue weighted by Crippen LogP contribution is -2.45. The Hall–Kier alpha value is -3.03. The van der Waals surface area contributed by atoms with Gasteiger partial charge in [-0.25, -0.2) is 9.97 Å². The standard InChI is InChI=1S/C26H30N4O3/c31-24-8-4-3-7-22(24)29-26(32)23-16-19(20-5-1-2-6-21(20)28-23)15-18-9-10-25(27-17-18)30-11-13-33-14-12-30/h1-2,5-6,9-10,16-17,22,24,31H,3-4,7-8,11-15H2,(H,29,32)/t22-,24-/m0/s1. The van der Waals surface area contributed by atoms with Gasteiger partial charge in [-0.3, -0.25) is 4.79 Å². The van der Waals surface area contributed by atoms with E-state index in [-0.39, 0.29) is 11.9 Å². The first-order chi connectivity index (χ1) is 16.2. The molecular formula is C26H30N4O3. The van der Waals surface area contributed by atoms with Gasteiger partial charge < -0.3 is 20.1 Å². The molecule has 3 aromatic rings. The number of carbonyl (C=O) groups is 1. The number of pyridine rings is 2. The number of carbonyl (C=O) groups excluding carboxylic acids is 1. The molecule has 5 rings (SSSR count). The molecule has 1 saturated heterocycles. The van der Waals surface area contributed by atoms with Crippen molar-refractivity contribution < 1.29 is 14.6 Å². The molecule has 2 aromatic heterocycles. The second-order valence-corrected chi connectivity index (χ2v) is 8.92. The van der Waals surface area contributed by atoms with Gasteiger partial charge in [0.25, 0.3) is 5.91 Å². The van der Waals surface area contributed by atoms with Crippen molar-refractivity contribution in [1.29, 1.82) is 0 Å². The third kappa shape index (κ3) is 4.99. The molecule has 1 aromatic carbocycles. The molecule has 33 heavy (non-hydrogen) atoms. The van der Waals surface area contributed by atoms with Gasteiger partial charge in [-0.05, 0) is 48.6 Å². The highest BCUT2D eigenvalue weighted by atomic mass is 16.5. The molecule has 2 atom stereocenters. The number of aromatic nitrogens is 2. The molecule has 7 heteroatoms. The van der Waals surface area contributed by atoms with Gasteiger partial charge in [-0.1, -0.05) is 37.1 Å². The normalized spacial score (nSPS) is 21.2. The van der Waals surface area contributed by atoms with Crippen molar-refractivity contribution in [2.75, 3.05) is 31.2 Å². The molecule has 1 aliphatic carbocycles. The van der Waals surface area contributed by atoms with E-state index in [0.29, 0.717) is 12.1 Å². The number of ether oxygens (including phenoxy) is 1. The number of para-hydroxylation sites is 1. The average molecular weight is 447 g/mol. The topological polar surface area (TPSA) is 87.6 Å². The molecule has 0 unspecified atom stereocenters. The summed E-state index contributed by atoms with van der Waals surface area (Å²) in [5, 5.41) is 14.3. The van der Waals surface area contributed by atoms with E-state index in [4.69, 9.17) is 4.74 Å². The minimum Gasteiger partial charge on any atom is -0.391 e. The number of aliphatic hydroxyl groups excluding tert-OH is 1. The summed E-state index contributed by atoms with van der Waals surface area (Å²) >= 11 is 0. The molecule has 0 bridgehead atoms. The van der Waals surface area contributed by atoms with Crippen LogP contribution < -0.4 is 10.2 Å². The smallest absolute Gasteiger partial charge is 0.270 e. The monoisotopic (exact) mass is 446 g/mol. The number of amides is 1. The fourth-order valence-corrected chi connectivity index (χ4v) is 4.75. The molecule has 172 valence electrons. The Bertz CT molecular complexity index is 1110. The van der Waals surface area contributed by atoms with Crippen LogP contribution in [-0.2, 0) is 11.2 Å². The van der Waals surface area contributed by atoms with Gasteiger partial charge in [0.1, 0.15) is 11.5 Å². The summed E-state index contributed by atoms with van der Waals surface area (Å²) in [7, 11) is 0. The largest absolute Gasteiger partial charge is 0.391 e. The Labute approximate surface area is 193 Å². The van der Waals surface area contributed by atoms with E-state index >= 15 is 0 Å². The molecule has 0 spiro atoms. The first-order valence-electron chi connectivity index (χ1n) is 11.8. The number of fused-ring (bicyclic) bond motifs is 1. The summed E-state index contributed by atoms with van der Waals surface area (Å²) in [5.41, 5.74) is 3.30. The van der Waals surface area contributed by atoms with Crippen LogP contribution in [0.25, 0.3) is 10.9 Å². The highest BCUT2D eigenvalue weighted by Gasteiger charge is 2.25. The predicted octanol–water partition coefficient (Wildman–Crippen LogP) is 3.09. The Morgan fingerprint density at radius 2 is 1.94 bits per heavy atom. The van der Waals surface area contributed by atoms with Crippen LogP contribution in [0.15, 0.2) is 48.7 Å². The van der Waals surface area contributed by atoms with E-state index in [1.165, 1.54) is 0 Å². The summed E-state index contributed by atoms with van der Waals surface area (Å²) in [6, 6.07) is 13.7. The second kappa shape index (κ2) is 9.85. The van der Waals surface area contributed by atoms with E-state index < -0.39 is 6.10 Å². The molecule has 1 amide bonds. The van der Waals surface area contributed by atoms with Crippen molar-refractivity contribution >= 4 is 22.6 Å². The maximum absolute atomic E-state index is 13.0. The maximum Gasteiger partial charge on any atom is 0.270 e. The van der Waals surface area contributed by atoms with Crippen molar-refractivity contribution in [2.24, 2.45) is 0 Å². The summed E-state index contributed by atoms with van der Waals surface area (Å²) in [6.07, 6.45) is 5.64. The third-order valence-electron chi connectivity index (χ3n) is 6.62. The lowest BCUT2D eigenvalue weighted by molar-refractivity contribution is 0.0714. The highest BCUT2D eigenvalue weighted by Crippen LogP contribution is 2.23. The zero-order valence-electron chi connectivity index (χ0n) is 18.7. The SMILES string of the molecule is O=C(N[C@H]1CCCC[C@@H]1O)c1cc(Cc2ccc(N3CCOCC3)nc2)c2ccccc2n1. The molecule has 0 radical (unpaired) electrons. The Morgan fingerprint density at radius 1 is 1.12 bits per heavy atom. The lowest BCUT2D eigenvalue weighted by atomic mass is 9.92. The van der Waals surface area contributed by atoms with E-state index in [0.717, 1.165) is 79.8 Å². The Morgan fingerprint density at radius 3 is 2.73 bits per heavy atom. The van der Waals surface area contributed by atoms with Crippen molar-refractivity contribution in [3.8, 4) is 0 Å². The summed E-state index contributed by atoms with van der Waals surface area (Å²) in [6.45, 7) is 3.18. The van der Waals surface area contributed by atoms with Crippen LogP contribution in [0.5, 0.6) is 0 Å². The van der Waals surface area contributed by atoms with Crippen molar-refractivity contribution in [1.82, 2.24) is 15.3 Å². The Kier molecular flexibility index (Phi) is 6.51. The van der Waals surface area contributed by atoms with Crippen LogP contribution in [0.2, 0.25) is 0 Å². The van der Waals surface area contributed by atoms with Crippen LogP contribution in [0, 0.1) is 0 Å². The van der Waals surface area contributed by atoms with Crippen LogP contribution in [0.3, 0.4) is 0 Å². The van der Waals surface area contributed by atoms with Gasteiger partial charge in [0.15, 0.2) is 0 Å².